The number of benzene rings is 1. The van der Waals surface area contributed by atoms with E-state index in [0.29, 0.717) is 30.2 Å². The average molecular weight is 288 g/mol. The fraction of sp³-hybridized carbons (Fsp3) is 0.375. The summed E-state index contributed by atoms with van der Waals surface area (Å²) in [7, 11) is 1.54. The van der Waals surface area contributed by atoms with E-state index in [2.05, 4.69) is 5.10 Å². The first-order valence-electron chi connectivity index (χ1n) is 7.08. The number of ketones is 1. The molecule has 21 heavy (non-hydrogen) atoms. The minimum absolute atomic E-state index is 0.0964. The lowest BCUT2D eigenvalue weighted by Crippen LogP contribution is -2.12. The monoisotopic (exact) mass is 288 g/mol. The SMILES string of the molecule is CCCn1ncc(OC)c1C(=O)c1ccc(OCC)cc1. The Morgan fingerprint density at radius 3 is 2.52 bits per heavy atom. The third-order valence-corrected chi connectivity index (χ3v) is 3.10. The summed E-state index contributed by atoms with van der Waals surface area (Å²) in [5.74, 6) is 1.16. The van der Waals surface area contributed by atoms with E-state index in [0.717, 1.165) is 12.2 Å². The van der Waals surface area contributed by atoms with Gasteiger partial charge in [-0.2, -0.15) is 5.10 Å². The highest BCUT2D eigenvalue weighted by Gasteiger charge is 2.20. The molecule has 0 aliphatic carbocycles. The Bertz CT molecular complexity index is 602. The molecule has 5 nitrogen and oxygen atoms in total. The number of hydrogen-bond donors (Lipinski definition) is 0. The molecule has 0 aliphatic heterocycles. The fourth-order valence-electron chi connectivity index (χ4n) is 2.13. The van der Waals surface area contributed by atoms with Gasteiger partial charge in [-0.15, -0.1) is 0 Å². The average Bonchev–Trinajstić information content (AvgIpc) is 2.91. The van der Waals surface area contributed by atoms with E-state index in [-0.39, 0.29) is 5.78 Å². The lowest BCUT2D eigenvalue weighted by atomic mass is 10.1. The van der Waals surface area contributed by atoms with E-state index in [1.807, 2.05) is 13.8 Å². The Hall–Kier alpha value is -2.30. The van der Waals surface area contributed by atoms with Crippen LogP contribution in [0.1, 0.15) is 36.3 Å². The maximum Gasteiger partial charge on any atom is 0.214 e. The van der Waals surface area contributed by atoms with Gasteiger partial charge in [0.25, 0.3) is 0 Å². The summed E-state index contributed by atoms with van der Waals surface area (Å²) in [6.45, 7) is 5.25. The molecule has 0 saturated carbocycles. The highest BCUT2D eigenvalue weighted by molar-refractivity contribution is 6.09. The van der Waals surface area contributed by atoms with E-state index in [1.54, 1.807) is 42.3 Å². The van der Waals surface area contributed by atoms with E-state index >= 15 is 0 Å². The number of aryl methyl sites for hydroxylation is 1. The lowest BCUT2D eigenvalue weighted by molar-refractivity contribution is 0.102. The van der Waals surface area contributed by atoms with Crippen molar-refractivity contribution in [3.63, 3.8) is 0 Å². The molecule has 0 fully saturated rings. The molecule has 0 amide bonds. The van der Waals surface area contributed by atoms with Crippen LogP contribution < -0.4 is 9.47 Å². The molecule has 2 aromatic rings. The van der Waals surface area contributed by atoms with E-state index in [1.165, 1.54) is 0 Å². The quantitative estimate of drug-likeness (QED) is 0.735. The molecular formula is C16H20N2O3. The zero-order valence-electron chi connectivity index (χ0n) is 12.6. The highest BCUT2D eigenvalue weighted by atomic mass is 16.5. The summed E-state index contributed by atoms with van der Waals surface area (Å²) >= 11 is 0. The van der Waals surface area contributed by atoms with Crippen molar-refractivity contribution < 1.29 is 14.3 Å². The van der Waals surface area contributed by atoms with Crippen molar-refractivity contribution in [2.45, 2.75) is 26.8 Å². The van der Waals surface area contributed by atoms with Crippen LogP contribution in [0.5, 0.6) is 11.5 Å². The number of methoxy groups -OCH3 is 1. The summed E-state index contributed by atoms with van der Waals surface area (Å²) in [4.78, 5) is 12.7. The third-order valence-electron chi connectivity index (χ3n) is 3.10. The Labute approximate surface area is 124 Å². The minimum Gasteiger partial charge on any atom is -0.494 e. The molecule has 2 rings (SSSR count). The van der Waals surface area contributed by atoms with Crippen molar-refractivity contribution in [1.29, 1.82) is 0 Å². The maximum atomic E-state index is 12.7. The molecule has 0 atom stereocenters. The van der Waals surface area contributed by atoms with Crippen LogP contribution in [-0.2, 0) is 6.54 Å². The van der Waals surface area contributed by atoms with Crippen LogP contribution in [0.2, 0.25) is 0 Å². The van der Waals surface area contributed by atoms with Crippen molar-refractivity contribution >= 4 is 5.78 Å². The zero-order chi connectivity index (χ0) is 15.2. The summed E-state index contributed by atoms with van der Waals surface area (Å²) in [6.07, 6.45) is 2.48. The molecule has 1 aromatic carbocycles. The molecule has 1 aromatic heterocycles. The molecule has 0 N–H and O–H groups in total. The molecule has 112 valence electrons. The Morgan fingerprint density at radius 1 is 1.24 bits per heavy atom. The van der Waals surface area contributed by atoms with E-state index in [4.69, 9.17) is 9.47 Å². The zero-order valence-corrected chi connectivity index (χ0v) is 12.6. The van der Waals surface area contributed by atoms with Crippen LogP contribution in [-0.4, -0.2) is 29.3 Å². The second-order valence-corrected chi connectivity index (χ2v) is 4.57. The number of ether oxygens (including phenoxy) is 2. The first-order valence-corrected chi connectivity index (χ1v) is 7.08. The summed E-state index contributed by atoms with van der Waals surface area (Å²) in [6, 6.07) is 7.11. The molecule has 1 heterocycles. The normalized spacial score (nSPS) is 10.4. The van der Waals surface area contributed by atoms with Crippen molar-refractivity contribution in [2.75, 3.05) is 13.7 Å². The van der Waals surface area contributed by atoms with Gasteiger partial charge in [-0.1, -0.05) is 6.92 Å². The van der Waals surface area contributed by atoms with Gasteiger partial charge < -0.3 is 9.47 Å². The van der Waals surface area contributed by atoms with Crippen LogP contribution in [0.25, 0.3) is 0 Å². The van der Waals surface area contributed by atoms with Gasteiger partial charge in [0.05, 0.1) is 19.9 Å². The number of rotatable bonds is 7. The van der Waals surface area contributed by atoms with Crippen molar-refractivity contribution in [3.8, 4) is 11.5 Å². The van der Waals surface area contributed by atoms with Crippen LogP contribution in [0, 0.1) is 0 Å². The predicted molar refractivity (Wildman–Crippen MR) is 80.1 cm³/mol. The highest BCUT2D eigenvalue weighted by Crippen LogP contribution is 2.23. The molecule has 0 bridgehead atoms. The topological polar surface area (TPSA) is 53.4 Å². The first-order chi connectivity index (χ1) is 10.2. The number of carbonyl (C=O) groups is 1. The van der Waals surface area contributed by atoms with Crippen LogP contribution in [0.15, 0.2) is 30.5 Å². The van der Waals surface area contributed by atoms with Gasteiger partial charge in [0.2, 0.25) is 5.78 Å². The van der Waals surface area contributed by atoms with Gasteiger partial charge in [-0.05, 0) is 37.6 Å². The smallest absolute Gasteiger partial charge is 0.214 e. The van der Waals surface area contributed by atoms with Gasteiger partial charge in [0.15, 0.2) is 11.4 Å². The standard InChI is InChI=1S/C16H20N2O3/c1-4-10-18-15(14(20-3)11-17-18)16(19)12-6-8-13(9-7-12)21-5-2/h6-9,11H,4-5,10H2,1-3H3. The number of aromatic nitrogens is 2. The van der Waals surface area contributed by atoms with E-state index < -0.39 is 0 Å². The number of nitrogens with zero attached hydrogens (tertiary/aromatic N) is 2. The molecule has 5 heteroatoms. The van der Waals surface area contributed by atoms with Gasteiger partial charge in [-0.3, -0.25) is 9.48 Å². The molecule has 0 unspecified atom stereocenters. The number of carbonyl (C=O) groups excluding carboxylic acids is 1. The third kappa shape index (κ3) is 3.24. The summed E-state index contributed by atoms with van der Waals surface area (Å²) < 4.78 is 12.3. The Morgan fingerprint density at radius 2 is 1.95 bits per heavy atom. The molecule has 0 saturated heterocycles. The molecule has 0 aliphatic rings. The van der Waals surface area contributed by atoms with Crippen molar-refractivity contribution in [3.05, 3.63) is 41.7 Å². The largest absolute Gasteiger partial charge is 0.494 e. The van der Waals surface area contributed by atoms with Crippen molar-refractivity contribution in [2.24, 2.45) is 0 Å². The van der Waals surface area contributed by atoms with Gasteiger partial charge >= 0.3 is 0 Å². The maximum absolute atomic E-state index is 12.7. The second-order valence-electron chi connectivity index (χ2n) is 4.57. The van der Waals surface area contributed by atoms with Crippen LogP contribution in [0.4, 0.5) is 0 Å². The predicted octanol–water partition coefficient (Wildman–Crippen LogP) is 2.93. The first kappa shape index (κ1) is 15.1. The van der Waals surface area contributed by atoms with E-state index in [9.17, 15) is 4.79 Å². The summed E-state index contributed by atoms with van der Waals surface area (Å²) in [5.41, 5.74) is 1.08. The molecular weight excluding hydrogens is 268 g/mol. The van der Waals surface area contributed by atoms with Gasteiger partial charge in [-0.25, -0.2) is 0 Å². The Balaban J connectivity index is 2.32. The summed E-state index contributed by atoms with van der Waals surface area (Å²) in [5, 5.41) is 4.22. The minimum atomic E-state index is -0.0964. The lowest BCUT2D eigenvalue weighted by Gasteiger charge is -2.08. The second kappa shape index (κ2) is 6.92. The Kier molecular flexibility index (Phi) is 4.98. The van der Waals surface area contributed by atoms with Crippen molar-refractivity contribution in [1.82, 2.24) is 9.78 Å². The fourth-order valence-corrected chi connectivity index (χ4v) is 2.13. The van der Waals surface area contributed by atoms with Crippen LogP contribution >= 0.6 is 0 Å². The van der Waals surface area contributed by atoms with Gasteiger partial charge in [0.1, 0.15) is 5.75 Å². The molecule has 0 radical (unpaired) electrons. The van der Waals surface area contributed by atoms with Crippen LogP contribution in [0.3, 0.4) is 0 Å². The van der Waals surface area contributed by atoms with Gasteiger partial charge in [0, 0.05) is 12.1 Å². The molecule has 0 spiro atoms. The number of hydrogen-bond acceptors (Lipinski definition) is 4.